The summed E-state index contributed by atoms with van der Waals surface area (Å²) in [7, 11) is -3.79. The molecule has 0 bridgehead atoms. The molecular weight excluding hydrogens is 378 g/mol. The third kappa shape index (κ3) is 3.18. The van der Waals surface area contributed by atoms with Gasteiger partial charge in [-0.3, -0.25) is 4.31 Å². The highest BCUT2D eigenvalue weighted by molar-refractivity contribution is 7.93. The third-order valence-electron chi connectivity index (χ3n) is 4.48. The molecule has 6 nitrogen and oxygen atoms in total. The molecule has 0 radical (unpaired) electrons. The van der Waals surface area contributed by atoms with E-state index in [2.05, 4.69) is 0 Å². The van der Waals surface area contributed by atoms with Crippen molar-refractivity contribution < 1.29 is 22.7 Å². The minimum Gasteiger partial charge on any atom is -0.494 e. The number of benzene rings is 3. The molecule has 0 N–H and O–H groups in total. The SMILES string of the molecule is CCCOc1ccc(OC(=O)CN2c3cccc4cccc(c34)S2(=O)=O)cc1. The van der Waals surface area contributed by atoms with E-state index in [1.807, 2.05) is 19.1 Å². The predicted molar refractivity (Wildman–Crippen MR) is 106 cm³/mol. The Morgan fingerprint density at radius 1 is 0.964 bits per heavy atom. The van der Waals surface area contributed by atoms with E-state index in [-0.39, 0.29) is 4.90 Å². The van der Waals surface area contributed by atoms with Gasteiger partial charge >= 0.3 is 5.97 Å². The molecule has 1 aliphatic rings. The molecule has 1 aliphatic heterocycles. The van der Waals surface area contributed by atoms with Crippen LogP contribution in [0.15, 0.2) is 65.6 Å². The van der Waals surface area contributed by atoms with Crippen molar-refractivity contribution in [2.75, 3.05) is 17.5 Å². The summed E-state index contributed by atoms with van der Waals surface area (Å²) in [5, 5.41) is 1.45. The Balaban J connectivity index is 1.53. The first kappa shape index (κ1) is 18.3. The van der Waals surface area contributed by atoms with Crippen LogP contribution in [0.25, 0.3) is 10.8 Å². The van der Waals surface area contributed by atoms with Gasteiger partial charge in [-0.15, -0.1) is 0 Å². The highest BCUT2D eigenvalue weighted by atomic mass is 32.2. The van der Waals surface area contributed by atoms with E-state index in [9.17, 15) is 13.2 Å². The molecule has 0 aromatic heterocycles. The monoisotopic (exact) mass is 397 g/mol. The summed E-state index contributed by atoms with van der Waals surface area (Å²) in [6.07, 6.45) is 0.899. The number of hydrogen-bond acceptors (Lipinski definition) is 5. The first-order chi connectivity index (χ1) is 13.5. The maximum absolute atomic E-state index is 12.9. The van der Waals surface area contributed by atoms with E-state index in [1.54, 1.807) is 48.5 Å². The molecule has 0 saturated heterocycles. The van der Waals surface area contributed by atoms with Crippen LogP contribution in [-0.4, -0.2) is 27.5 Å². The number of carbonyl (C=O) groups excluding carboxylic acids is 1. The van der Waals surface area contributed by atoms with Crippen molar-refractivity contribution in [1.82, 2.24) is 0 Å². The number of hydrogen-bond donors (Lipinski definition) is 0. The third-order valence-corrected chi connectivity index (χ3v) is 6.28. The minimum atomic E-state index is -3.79. The Morgan fingerprint density at radius 2 is 1.64 bits per heavy atom. The molecule has 1 heterocycles. The largest absolute Gasteiger partial charge is 0.494 e. The molecule has 144 valence electrons. The zero-order valence-electron chi connectivity index (χ0n) is 15.3. The van der Waals surface area contributed by atoms with Crippen LogP contribution >= 0.6 is 0 Å². The molecule has 0 fully saturated rings. The quantitative estimate of drug-likeness (QED) is 0.468. The van der Waals surface area contributed by atoms with Gasteiger partial charge in [0, 0.05) is 5.39 Å². The molecular formula is C21H19NO5S. The van der Waals surface area contributed by atoms with Crippen LogP contribution in [-0.2, 0) is 14.8 Å². The van der Waals surface area contributed by atoms with E-state index in [0.717, 1.165) is 16.1 Å². The van der Waals surface area contributed by atoms with E-state index < -0.39 is 22.5 Å². The van der Waals surface area contributed by atoms with Gasteiger partial charge in [0.1, 0.15) is 18.0 Å². The van der Waals surface area contributed by atoms with E-state index >= 15 is 0 Å². The van der Waals surface area contributed by atoms with Crippen molar-refractivity contribution in [3.8, 4) is 11.5 Å². The van der Waals surface area contributed by atoms with Crippen LogP contribution in [0, 0.1) is 0 Å². The van der Waals surface area contributed by atoms with E-state index in [1.165, 1.54) is 0 Å². The summed E-state index contributed by atoms with van der Waals surface area (Å²) >= 11 is 0. The van der Waals surface area contributed by atoms with Crippen LogP contribution < -0.4 is 13.8 Å². The van der Waals surface area contributed by atoms with Crippen molar-refractivity contribution in [1.29, 1.82) is 0 Å². The first-order valence-electron chi connectivity index (χ1n) is 8.99. The van der Waals surface area contributed by atoms with Gasteiger partial charge in [-0.05, 0) is 48.2 Å². The smallest absolute Gasteiger partial charge is 0.332 e. The fraction of sp³-hybridized carbons (Fsp3) is 0.190. The Kier molecular flexibility index (Phi) is 4.68. The molecule has 0 aliphatic carbocycles. The average Bonchev–Trinajstić information content (AvgIpc) is 2.91. The highest BCUT2D eigenvalue weighted by Crippen LogP contribution is 2.41. The summed E-state index contributed by atoms with van der Waals surface area (Å²) in [4.78, 5) is 12.6. The molecule has 4 rings (SSSR count). The maximum atomic E-state index is 12.9. The number of nitrogens with zero attached hydrogens (tertiary/aromatic N) is 1. The maximum Gasteiger partial charge on any atom is 0.332 e. The van der Waals surface area contributed by atoms with Gasteiger partial charge in [0.2, 0.25) is 0 Å². The van der Waals surface area contributed by atoms with Gasteiger partial charge in [-0.2, -0.15) is 0 Å². The number of anilines is 1. The lowest BCUT2D eigenvalue weighted by Crippen LogP contribution is -2.34. The number of rotatable bonds is 6. The predicted octanol–water partition coefficient (Wildman–Crippen LogP) is 3.74. The van der Waals surface area contributed by atoms with Gasteiger partial charge < -0.3 is 9.47 Å². The molecule has 0 atom stereocenters. The average molecular weight is 397 g/mol. The van der Waals surface area contributed by atoms with Crippen molar-refractivity contribution in [3.05, 3.63) is 60.7 Å². The van der Waals surface area contributed by atoms with Crippen LogP contribution in [0.5, 0.6) is 11.5 Å². The number of esters is 1. The summed E-state index contributed by atoms with van der Waals surface area (Å²) < 4.78 is 37.7. The molecule has 0 spiro atoms. The molecule has 3 aromatic carbocycles. The lowest BCUT2D eigenvalue weighted by atomic mass is 10.1. The van der Waals surface area contributed by atoms with Crippen LogP contribution in [0.4, 0.5) is 5.69 Å². The van der Waals surface area contributed by atoms with Crippen LogP contribution in [0.2, 0.25) is 0 Å². The minimum absolute atomic E-state index is 0.214. The normalized spacial score (nSPS) is 14.2. The van der Waals surface area contributed by atoms with Crippen molar-refractivity contribution in [2.45, 2.75) is 18.2 Å². The highest BCUT2D eigenvalue weighted by Gasteiger charge is 2.37. The summed E-state index contributed by atoms with van der Waals surface area (Å²) in [5.41, 5.74) is 0.494. The lowest BCUT2D eigenvalue weighted by molar-refractivity contribution is -0.132. The molecule has 0 saturated carbocycles. The van der Waals surface area contributed by atoms with Crippen LogP contribution in [0.1, 0.15) is 13.3 Å². The number of sulfonamides is 1. The molecule has 0 amide bonds. The zero-order chi connectivity index (χ0) is 19.7. The second-order valence-electron chi connectivity index (χ2n) is 6.44. The van der Waals surface area contributed by atoms with Gasteiger partial charge in [0.15, 0.2) is 0 Å². The topological polar surface area (TPSA) is 72.9 Å². The Bertz CT molecular complexity index is 1130. The molecule has 0 unspecified atom stereocenters. The van der Waals surface area contributed by atoms with E-state index in [0.29, 0.717) is 29.2 Å². The molecule has 3 aromatic rings. The van der Waals surface area contributed by atoms with Gasteiger partial charge in [0.25, 0.3) is 10.0 Å². The second kappa shape index (κ2) is 7.16. The fourth-order valence-corrected chi connectivity index (χ4v) is 4.89. The van der Waals surface area contributed by atoms with Gasteiger partial charge in [-0.25, -0.2) is 13.2 Å². The van der Waals surface area contributed by atoms with Crippen molar-refractivity contribution in [3.63, 3.8) is 0 Å². The first-order valence-corrected chi connectivity index (χ1v) is 10.4. The van der Waals surface area contributed by atoms with Gasteiger partial charge in [0.05, 0.1) is 17.2 Å². The standard InChI is InChI=1S/C21H19NO5S/c1-2-13-26-16-9-11-17(12-10-16)27-20(23)14-22-18-7-3-5-15-6-4-8-19(21(15)18)28(22,24)25/h3-12H,2,13-14H2,1H3. The second-order valence-corrected chi connectivity index (χ2v) is 8.27. The Morgan fingerprint density at radius 3 is 2.36 bits per heavy atom. The molecule has 28 heavy (non-hydrogen) atoms. The Hall–Kier alpha value is -3.06. The van der Waals surface area contributed by atoms with Crippen LogP contribution in [0.3, 0.4) is 0 Å². The summed E-state index contributed by atoms with van der Waals surface area (Å²) in [6, 6.07) is 17.1. The summed E-state index contributed by atoms with van der Waals surface area (Å²) in [5.74, 6) is 0.364. The van der Waals surface area contributed by atoms with E-state index in [4.69, 9.17) is 9.47 Å². The van der Waals surface area contributed by atoms with Crippen molar-refractivity contribution in [2.24, 2.45) is 0 Å². The number of carbonyl (C=O) groups is 1. The summed E-state index contributed by atoms with van der Waals surface area (Å²) in [6.45, 7) is 2.23. The fourth-order valence-electron chi connectivity index (χ4n) is 3.23. The number of ether oxygens (including phenoxy) is 2. The van der Waals surface area contributed by atoms with Gasteiger partial charge in [-0.1, -0.05) is 31.2 Å². The van der Waals surface area contributed by atoms with Crippen molar-refractivity contribution >= 4 is 32.5 Å². The Labute approximate surface area is 163 Å². The lowest BCUT2D eigenvalue weighted by Gasteiger charge is -2.17. The molecule has 7 heteroatoms. The zero-order valence-corrected chi connectivity index (χ0v) is 16.1.